The van der Waals surface area contributed by atoms with Crippen molar-refractivity contribution in [3.63, 3.8) is 0 Å². The molecule has 0 radical (unpaired) electrons. The molecule has 0 aliphatic heterocycles. The average Bonchev–Trinajstić information content (AvgIpc) is 2.65. The summed E-state index contributed by atoms with van der Waals surface area (Å²) in [6.07, 6.45) is 2.61. The van der Waals surface area contributed by atoms with E-state index in [9.17, 15) is 9.90 Å². The van der Waals surface area contributed by atoms with E-state index in [0.717, 1.165) is 23.0 Å². The molecule has 1 aliphatic carbocycles. The molecule has 2 N–H and O–H groups in total. The Hall–Kier alpha value is -1.03. The summed E-state index contributed by atoms with van der Waals surface area (Å²) in [6.45, 7) is 2.00. The Balaban J connectivity index is 2.31. The number of hydrogen-bond donors (Lipinski definition) is 2. The van der Waals surface area contributed by atoms with Crippen LogP contribution in [0.1, 0.15) is 26.2 Å². The maximum atomic E-state index is 11.6. The van der Waals surface area contributed by atoms with Gasteiger partial charge in [0.2, 0.25) is 0 Å². The molecule has 0 spiro atoms. The van der Waals surface area contributed by atoms with Gasteiger partial charge in [-0.05, 0) is 46.8 Å². The molecular formula is C13H16BrNO2. The van der Waals surface area contributed by atoms with E-state index in [1.807, 2.05) is 31.2 Å². The number of carbonyl (C=O) groups is 1. The predicted octanol–water partition coefficient (Wildman–Crippen LogP) is 3.50. The zero-order valence-electron chi connectivity index (χ0n) is 9.74. The molecule has 0 heterocycles. The summed E-state index contributed by atoms with van der Waals surface area (Å²) in [5.74, 6) is -0.606. The summed E-state index contributed by atoms with van der Waals surface area (Å²) < 4.78 is 0.903. The molecule has 0 aromatic heterocycles. The van der Waals surface area contributed by atoms with E-state index in [1.54, 1.807) is 0 Å². The molecule has 2 unspecified atom stereocenters. The second kappa shape index (κ2) is 4.69. The molecule has 2 rings (SSSR count). The van der Waals surface area contributed by atoms with Gasteiger partial charge in [-0.3, -0.25) is 0 Å². The second-order valence-electron chi connectivity index (χ2n) is 4.67. The number of aliphatic carboxylic acids is 1. The van der Waals surface area contributed by atoms with Crippen LogP contribution >= 0.6 is 15.9 Å². The highest BCUT2D eigenvalue weighted by Crippen LogP contribution is 2.39. The monoisotopic (exact) mass is 297 g/mol. The van der Waals surface area contributed by atoms with Crippen molar-refractivity contribution < 1.29 is 9.90 Å². The number of hydrogen-bond acceptors (Lipinski definition) is 2. The van der Waals surface area contributed by atoms with Crippen molar-refractivity contribution in [2.75, 3.05) is 5.32 Å². The quantitative estimate of drug-likeness (QED) is 0.898. The Morgan fingerprint density at radius 2 is 2.24 bits per heavy atom. The molecule has 2 atom stereocenters. The standard InChI is InChI=1S/C13H16BrNO2/c1-9-5-4-8-13(9,12(16)17)15-11-7-3-2-6-10(11)14/h2-3,6-7,9,15H,4-5,8H2,1H3,(H,16,17). The molecule has 17 heavy (non-hydrogen) atoms. The highest BCUT2D eigenvalue weighted by atomic mass is 79.9. The van der Waals surface area contributed by atoms with Crippen LogP contribution in [0, 0.1) is 5.92 Å². The molecule has 1 fully saturated rings. The Bertz CT molecular complexity index is 435. The van der Waals surface area contributed by atoms with Gasteiger partial charge < -0.3 is 10.4 Å². The largest absolute Gasteiger partial charge is 0.479 e. The molecule has 0 saturated heterocycles. The van der Waals surface area contributed by atoms with Crippen LogP contribution in [0.2, 0.25) is 0 Å². The topological polar surface area (TPSA) is 49.3 Å². The summed E-state index contributed by atoms with van der Waals surface area (Å²) in [5.41, 5.74) is 0.0350. The Labute approximate surface area is 109 Å². The molecule has 1 aromatic carbocycles. The minimum absolute atomic E-state index is 0.145. The van der Waals surface area contributed by atoms with Crippen LogP contribution in [-0.2, 0) is 4.79 Å². The number of benzene rings is 1. The number of rotatable bonds is 3. The number of nitrogens with one attached hydrogen (secondary N) is 1. The van der Waals surface area contributed by atoms with Crippen molar-refractivity contribution in [2.45, 2.75) is 31.7 Å². The third-order valence-electron chi connectivity index (χ3n) is 3.66. The first-order chi connectivity index (χ1) is 8.06. The fourth-order valence-corrected chi connectivity index (χ4v) is 2.92. The molecule has 4 heteroatoms. The van der Waals surface area contributed by atoms with Gasteiger partial charge in [-0.2, -0.15) is 0 Å². The molecule has 1 aliphatic rings. The van der Waals surface area contributed by atoms with Crippen molar-refractivity contribution in [1.29, 1.82) is 0 Å². The van der Waals surface area contributed by atoms with Crippen molar-refractivity contribution in [3.8, 4) is 0 Å². The third kappa shape index (κ3) is 2.18. The average molecular weight is 298 g/mol. The third-order valence-corrected chi connectivity index (χ3v) is 4.35. The van der Waals surface area contributed by atoms with E-state index in [1.165, 1.54) is 0 Å². The number of anilines is 1. The van der Waals surface area contributed by atoms with E-state index in [4.69, 9.17) is 0 Å². The predicted molar refractivity (Wildman–Crippen MR) is 71.1 cm³/mol. The van der Waals surface area contributed by atoms with E-state index < -0.39 is 11.5 Å². The fourth-order valence-electron chi connectivity index (χ4n) is 2.54. The van der Waals surface area contributed by atoms with Crippen molar-refractivity contribution in [3.05, 3.63) is 28.7 Å². The van der Waals surface area contributed by atoms with Gasteiger partial charge in [0.05, 0.1) is 0 Å². The van der Waals surface area contributed by atoms with E-state index in [0.29, 0.717) is 6.42 Å². The number of carboxylic acids is 1. The molecule has 0 amide bonds. The highest BCUT2D eigenvalue weighted by Gasteiger charge is 2.47. The van der Waals surface area contributed by atoms with Crippen LogP contribution in [-0.4, -0.2) is 16.6 Å². The van der Waals surface area contributed by atoms with Gasteiger partial charge in [0.15, 0.2) is 0 Å². The first-order valence-electron chi connectivity index (χ1n) is 5.82. The molecular weight excluding hydrogens is 282 g/mol. The van der Waals surface area contributed by atoms with E-state index >= 15 is 0 Å². The van der Waals surface area contributed by atoms with Crippen molar-refractivity contribution in [1.82, 2.24) is 0 Å². The van der Waals surface area contributed by atoms with Gasteiger partial charge in [-0.15, -0.1) is 0 Å². The lowest BCUT2D eigenvalue weighted by Crippen LogP contribution is -2.48. The van der Waals surface area contributed by atoms with Gasteiger partial charge in [0.1, 0.15) is 5.54 Å². The normalized spacial score (nSPS) is 28.0. The number of halogens is 1. The van der Waals surface area contributed by atoms with Crippen LogP contribution in [0.5, 0.6) is 0 Å². The van der Waals surface area contributed by atoms with E-state index in [-0.39, 0.29) is 5.92 Å². The summed E-state index contributed by atoms with van der Waals surface area (Å²) in [7, 11) is 0. The lowest BCUT2D eigenvalue weighted by atomic mass is 9.88. The van der Waals surface area contributed by atoms with Gasteiger partial charge >= 0.3 is 5.97 Å². The smallest absolute Gasteiger partial charge is 0.329 e. The van der Waals surface area contributed by atoms with Crippen LogP contribution in [0.15, 0.2) is 28.7 Å². The SMILES string of the molecule is CC1CCCC1(Nc1ccccc1Br)C(=O)O. The lowest BCUT2D eigenvalue weighted by molar-refractivity contribution is -0.143. The Morgan fingerprint density at radius 1 is 1.53 bits per heavy atom. The van der Waals surface area contributed by atoms with Gasteiger partial charge in [0, 0.05) is 10.2 Å². The molecule has 3 nitrogen and oxygen atoms in total. The number of para-hydroxylation sites is 1. The van der Waals surface area contributed by atoms with Crippen LogP contribution < -0.4 is 5.32 Å². The van der Waals surface area contributed by atoms with Gasteiger partial charge in [0.25, 0.3) is 0 Å². The Morgan fingerprint density at radius 3 is 2.76 bits per heavy atom. The molecule has 0 bridgehead atoms. The maximum absolute atomic E-state index is 11.6. The van der Waals surface area contributed by atoms with Crippen LogP contribution in [0.25, 0.3) is 0 Å². The highest BCUT2D eigenvalue weighted by molar-refractivity contribution is 9.10. The van der Waals surface area contributed by atoms with Gasteiger partial charge in [-0.25, -0.2) is 4.79 Å². The summed E-state index contributed by atoms with van der Waals surface area (Å²) in [5, 5.41) is 12.7. The molecule has 92 valence electrons. The first kappa shape index (κ1) is 12.4. The van der Waals surface area contributed by atoms with Crippen molar-refractivity contribution >= 4 is 27.6 Å². The van der Waals surface area contributed by atoms with Crippen LogP contribution in [0.4, 0.5) is 5.69 Å². The minimum Gasteiger partial charge on any atom is -0.479 e. The van der Waals surface area contributed by atoms with E-state index in [2.05, 4.69) is 21.2 Å². The summed E-state index contributed by atoms with van der Waals surface area (Å²) in [6, 6.07) is 7.64. The zero-order chi connectivity index (χ0) is 12.5. The number of carboxylic acid groups (broad SMARTS) is 1. The lowest BCUT2D eigenvalue weighted by Gasteiger charge is -2.31. The van der Waals surface area contributed by atoms with Crippen molar-refractivity contribution in [2.24, 2.45) is 5.92 Å². The minimum atomic E-state index is -0.816. The van der Waals surface area contributed by atoms with Gasteiger partial charge in [-0.1, -0.05) is 25.5 Å². The van der Waals surface area contributed by atoms with Crippen LogP contribution in [0.3, 0.4) is 0 Å². The fraction of sp³-hybridized carbons (Fsp3) is 0.462. The molecule has 1 aromatic rings. The summed E-state index contributed by atoms with van der Waals surface area (Å²) in [4.78, 5) is 11.6. The molecule has 1 saturated carbocycles. The maximum Gasteiger partial charge on any atom is 0.329 e. The Kier molecular flexibility index (Phi) is 3.43. The summed E-state index contributed by atoms with van der Waals surface area (Å²) >= 11 is 3.44. The zero-order valence-corrected chi connectivity index (χ0v) is 11.3. The first-order valence-corrected chi connectivity index (χ1v) is 6.61. The second-order valence-corrected chi connectivity index (χ2v) is 5.53.